The largest absolute Gasteiger partial charge is 0.384 e. The number of anilines is 1. The lowest BCUT2D eigenvalue weighted by molar-refractivity contribution is 0.574. The maximum Gasteiger partial charge on any atom is 0.103 e. The van der Waals surface area contributed by atoms with Gasteiger partial charge in [-0.3, -0.25) is 4.98 Å². The number of hydrogen-bond donors (Lipinski definition) is 2. The Labute approximate surface area is 108 Å². The molecule has 2 N–H and O–H groups in total. The second-order valence-corrected chi connectivity index (χ2v) is 4.89. The normalized spacial score (nSPS) is 18.6. The van der Waals surface area contributed by atoms with Crippen molar-refractivity contribution < 1.29 is 0 Å². The highest BCUT2D eigenvalue weighted by Gasteiger charge is 2.13. The van der Waals surface area contributed by atoms with Gasteiger partial charge in [-0.15, -0.1) is 0 Å². The standard InChI is InChI=1S/C14H20N4/c1-10-8-14(13(9-15)11(2)18-10)17-7-5-12-4-3-6-16-12/h8,12,16H,3-7H2,1-2H3,(H,17,18)/t12-/m1/s1. The smallest absolute Gasteiger partial charge is 0.103 e. The Morgan fingerprint density at radius 1 is 1.56 bits per heavy atom. The Hall–Kier alpha value is -1.60. The molecule has 1 fully saturated rings. The van der Waals surface area contributed by atoms with Gasteiger partial charge in [0.1, 0.15) is 6.07 Å². The summed E-state index contributed by atoms with van der Waals surface area (Å²) in [4.78, 5) is 4.32. The average molecular weight is 244 g/mol. The first kappa shape index (κ1) is 12.8. The van der Waals surface area contributed by atoms with Crippen molar-refractivity contribution in [3.63, 3.8) is 0 Å². The molecule has 2 heterocycles. The van der Waals surface area contributed by atoms with E-state index >= 15 is 0 Å². The van der Waals surface area contributed by atoms with Gasteiger partial charge in [0.05, 0.1) is 16.9 Å². The van der Waals surface area contributed by atoms with Gasteiger partial charge in [0.2, 0.25) is 0 Å². The van der Waals surface area contributed by atoms with Crippen LogP contribution in [0.2, 0.25) is 0 Å². The third-order valence-corrected chi connectivity index (χ3v) is 3.41. The van der Waals surface area contributed by atoms with Crippen LogP contribution in [0.15, 0.2) is 6.07 Å². The summed E-state index contributed by atoms with van der Waals surface area (Å²) >= 11 is 0. The van der Waals surface area contributed by atoms with Crippen LogP contribution in [0.25, 0.3) is 0 Å². The SMILES string of the molecule is Cc1cc(NCC[C@H]2CCCN2)c(C#N)c(C)n1. The van der Waals surface area contributed by atoms with E-state index in [4.69, 9.17) is 5.26 Å². The van der Waals surface area contributed by atoms with Crippen LogP contribution in [0.4, 0.5) is 5.69 Å². The highest BCUT2D eigenvalue weighted by Crippen LogP contribution is 2.19. The zero-order valence-electron chi connectivity index (χ0n) is 11.1. The molecule has 0 aromatic carbocycles. The molecule has 0 radical (unpaired) electrons. The van der Waals surface area contributed by atoms with Gasteiger partial charge in [0, 0.05) is 18.3 Å². The highest BCUT2D eigenvalue weighted by molar-refractivity contribution is 5.59. The zero-order valence-corrected chi connectivity index (χ0v) is 11.1. The molecule has 18 heavy (non-hydrogen) atoms. The second-order valence-electron chi connectivity index (χ2n) is 4.89. The van der Waals surface area contributed by atoms with Crippen molar-refractivity contribution >= 4 is 5.69 Å². The fraction of sp³-hybridized carbons (Fsp3) is 0.571. The fourth-order valence-electron chi connectivity index (χ4n) is 2.49. The maximum absolute atomic E-state index is 9.16. The molecule has 0 spiro atoms. The molecule has 1 aromatic rings. The van der Waals surface area contributed by atoms with E-state index < -0.39 is 0 Å². The summed E-state index contributed by atoms with van der Waals surface area (Å²) in [6.07, 6.45) is 3.65. The van der Waals surface area contributed by atoms with Crippen LogP contribution in [-0.4, -0.2) is 24.1 Å². The maximum atomic E-state index is 9.16. The van der Waals surface area contributed by atoms with Gasteiger partial charge >= 0.3 is 0 Å². The predicted octanol–water partition coefficient (Wildman–Crippen LogP) is 2.12. The predicted molar refractivity (Wildman–Crippen MR) is 72.6 cm³/mol. The van der Waals surface area contributed by atoms with E-state index in [2.05, 4.69) is 21.7 Å². The summed E-state index contributed by atoms with van der Waals surface area (Å²) in [5.74, 6) is 0. The lowest BCUT2D eigenvalue weighted by Gasteiger charge is -2.13. The molecule has 0 aliphatic carbocycles. The topological polar surface area (TPSA) is 60.7 Å². The Kier molecular flexibility index (Phi) is 4.16. The summed E-state index contributed by atoms with van der Waals surface area (Å²) < 4.78 is 0. The van der Waals surface area contributed by atoms with Gasteiger partial charge < -0.3 is 10.6 Å². The average Bonchev–Trinajstić information content (AvgIpc) is 2.81. The van der Waals surface area contributed by atoms with Gasteiger partial charge in [0.25, 0.3) is 0 Å². The quantitative estimate of drug-likeness (QED) is 0.851. The summed E-state index contributed by atoms with van der Waals surface area (Å²) in [6, 6.07) is 4.81. The first-order chi connectivity index (χ1) is 8.70. The summed E-state index contributed by atoms with van der Waals surface area (Å²) in [5.41, 5.74) is 3.34. The second kappa shape index (κ2) is 5.83. The number of nitriles is 1. The minimum Gasteiger partial charge on any atom is -0.384 e. The van der Waals surface area contributed by atoms with Crippen molar-refractivity contribution in [1.29, 1.82) is 5.26 Å². The van der Waals surface area contributed by atoms with Crippen molar-refractivity contribution in [1.82, 2.24) is 10.3 Å². The van der Waals surface area contributed by atoms with Gasteiger partial charge in [-0.2, -0.15) is 5.26 Å². The molecule has 0 unspecified atom stereocenters. The number of rotatable bonds is 4. The van der Waals surface area contributed by atoms with Crippen molar-refractivity contribution in [2.75, 3.05) is 18.4 Å². The Bertz CT molecular complexity index is 456. The van der Waals surface area contributed by atoms with E-state index in [9.17, 15) is 0 Å². The molecule has 1 aliphatic rings. The Morgan fingerprint density at radius 3 is 3.06 bits per heavy atom. The molecule has 4 nitrogen and oxygen atoms in total. The van der Waals surface area contributed by atoms with E-state index in [-0.39, 0.29) is 0 Å². The first-order valence-electron chi connectivity index (χ1n) is 6.56. The fourth-order valence-corrected chi connectivity index (χ4v) is 2.49. The van der Waals surface area contributed by atoms with Gasteiger partial charge in [-0.05, 0) is 45.7 Å². The van der Waals surface area contributed by atoms with Crippen molar-refractivity contribution in [3.05, 3.63) is 23.0 Å². The summed E-state index contributed by atoms with van der Waals surface area (Å²) in [5, 5.41) is 16.0. The minimum atomic E-state index is 0.632. The first-order valence-corrected chi connectivity index (χ1v) is 6.56. The number of pyridine rings is 1. The van der Waals surface area contributed by atoms with Crippen LogP contribution in [-0.2, 0) is 0 Å². The van der Waals surface area contributed by atoms with Gasteiger partial charge in [0.15, 0.2) is 0 Å². The van der Waals surface area contributed by atoms with Gasteiger partial charge in [-0.25, -0.2) is 0 Å². The lowest BCUT2D eigenvalue weighted by atomic mass is 10.1. The molecule has 1 aliphatic heterocycles. The number of hydrogen-bond acceptors (Lipinski definition) is 4. The molecule has 1 atom stereocenters. The molecule has 0 saturated carbocycles. The number of nitrogens with zero attached hydrogens (tertiary/aromatic N) is 2. The molecular weight excluding hydrogens is 224 g/mol. The molecule has 2 rings (SSSR count). The lowest BCUT2D eigenvalue weighted by Crippen LogP contribution is -2.24. The molecule has 0 bridgehead atoms. The van der Waals surface area contributed by atoms with Crippen LogP contribution in [0.1, 0.15) is 36.2 Å². The van der Waals surface area contributed by atoms with E-state index in [0.717, 1.165) is 36.6 Å². The molecule has 1 aromatic heterocycles. The molecule has 4 heteroatoms. The Morgan fingerprint density at radius 2 is 2.39 bits per heavy atom. The van der Waals surface area contributed by atoms with Crippen LogP contribution in [0.3, 0.4) is 0 Å². The summed E-state index contributed by atoms with van der Waals surface area (Å²) in [6.45, 7) is 5.88. The van der Waals surface area contributed by atoms with E-state index in [1.54, 1.807) is 0 Å². The zero-order chi connectivity index (χ0) is 13.0. The number of aromatic nitrogens is 1. The van der Waals surface area contributed by atoms with Gasteiger partial charge in [-0.1, -0.05) is 0 Å². The van der Waals surface area contributed by atoms with E-state index in [1.807, 2.05) is 19.9 Å². The minimum absolute atomic E-state index is 0.632. The van der Waals surface area contributed by atoms with Crippen LogP contribution < -0.4 is 10.6 Å². The number of aryl methyl sites for hydroxylation is 2. The highest BCUT2D eigenvalue weighted by atomic mass is 15.0. The third-order valence-electron chi connectivity index (χ3n) is 3.41. The van der Waals surface area contributed by atoms with E-state index in [0.29, 0.717) is 11.6 Å². The van der Waals surface area contributed by atoms with Crippen LogP contribution >= 0.6 is 0 Å². The monoisotopic (exact) mass is 244 g/mol. The van der Waals surface area contributed by atoms with Crippen molar-refractivity contribution in [2.45, 2.75) is 39.2 Å². The van der Waals surface area contributed by atoms with Crippen molar-refractivity contribution in [3.8, 4) is 6.07 Å². The third kappa shape index (κ3) is 2.99. The molecule has 96 valence electrons. The Balaban J connectivity index is 1.97. The summed E-state index contributed by atoms with van der Waals surface area (Å²) in [7, 11) is 0. The van der Waals surface area contributed by atoms with E-state index in [1.165, 1.54) is 12.8 Å². The molecular formula is C14H20N4. The molecule has 0 amide bonds. The van der Waals surface area contributed by atoms with Crippen molar-refractivity contribution in [2.24, 2.45) is 0 Å². The van der Waals surface area contributed by atoms with Crippen LogP contribution in [0, 0.1) is 25.2 Å². The molecule has 1 saturated heterocycles. The van der Waals surface area contributed by atoms with Crippen LogP contribution in [0.5, 0.6) is 0 Å². The number of nitrogens with one attached hydrogen (secondary N) is 2.